The van der Waals surface area contributed by atoms with Gasteiger partial charge in [0.25, 0.3) is 0 Å². The van der Waals surface area contributed by atoms with Gasteiger partial charge in [-0.3, -0.25) is 9.97 Å². The number of aromatic nitrogens is 4. The summed E-state index contributed by atoms with van der Waals surface area (Å²) >= 11 is 5.95. The number of nitrogens with zero attached hydrogens (tertiary/aromatic N) is 4. The lowest BCUT2D eigenvalue weighted by Crippen LogP contribution is -2.04. The Balaban J connectivity index is 1.88. The van der Waals surface area contributed by atoms with E-state index in [1.54, 1.807) is 18.6 Å². The quantitative estimate of drug-likeness (QED) is 0.790. The third-order valence-electron chi connectivity index (χ3n) is 3.53. The highest BCUT2D eigenvalue weighted by Crippen LogP contribution is 2.33. The standard InChI is InChI=1S/C15H12ClN5/c16-10-1-3-11(4-2-10)21-15-12(5-6-19-15)14(20-21)13-9-17-7-8-18-13/h1-4,7-9,19H,5-6H2. The molecule has 104 valence electrons. The predicted octanol–water partition coefficient (Wildman–Crippen LogP) is 2.95. The van der Waals surface area contributed by atoms with E-state index >= 15 is 0 Å². The zero-order valence-electron chi connectivity index (χ0n) is 11.1. The highest BCUT2D eigenvalue weighted by Gasteiger charge is 2.24. The van der Waals surface area contributed by atoms with Crippen molar-refractivity contribution >= 4 is 17.4 Å². The molecule has 1 aliphatic heterocycles. The normalized spacial score (nSPS) is 13.0. The highest BCUT2D eigenvalue weighted by atomic mass is 35.5. The van der Waals surface area contributed by atoms with Crippen molar-refractivity contribution in [1.29, 1.82) is 0 Å². The lowest BCUT2D eigenvalue weighted by molar-refractivity contribution is 0.879. The van der Waals surface area contributed by atoms with E-state index in [4.69, 9.17) is 16.7 Å². The Labute approximate surface area is 126 Å². The van der Waals surface area contributed by atoms with Crippen molar-refractivity contribution in [2.24, 2.45) is 0 Å². The molecule has 0 saturated heterocycles. The summed E-state index contributed by atoms with van der Waals surface area (Å²) in [5.41, 5.74) is 3.84. The summed E-state index contributed by atoms with van der Waals surface area (Å²) in [6, 6.07) is 7.63. The lowest BCUT2D eigenvalue weighted by Gasteiger charge is -2.06. The van der Waals surface area contributed by atoms with Crippen LogP contribution in [0.25, 0.3) is 17.1 Å². The summed E-state index contributed by atoms with van der Waals surface area (Å²) in [7, 11) is 0. The van der Waals surface area contributed by atoms with E-state index in [0.29, 0.717) is 5.02 Å². The topological polar surface area (TPSA) is 55.6 Å². The molecule has 5 nitrogen and oxygen atoms in total. The SMILES string of the molecule is Clc1ccc(-n2nc(-c3cnccn3)c3c2NCC3)cc1. The smallest absolute Gasteiger partial charge is 0.133 e. The maximum absolute atomic E-state index is 5.95. The summed E-state index contributed by atoms with van der Waals surface area (Å²) in [6.07, 6.45) is 6.03. The molecular formula is C15H12ClN5. The second kappa shape index (κ2) is 4.86. The van der Waals surface area contributed by atoms with E-state index in [9.17, 15) is 0 Å². The van der Waals surface area contributed by atoms with Crippen LogP contribution in [0, 0.1) is 0 Å². The van der Waals surface area contributed by atoms with Gasteiger partial charge in [-0.15, -0.1) is 0 Å². The van der Waals surface area contributed by atoms with Gasteiger partial charge in [-0.25, -0.2) is 4.68 Å². The van der Waals surface area contributed by atoms with Gasteiger partial charge in [0.2, 0.25) is 0 Å². The van der Waals surface area contributed by atoms with Crippen molar-refractivity contribution < 1.29 is 0 Å². The van der Waals surface area contributed by atoms with E-state index < -0.39 is 0 Å². The Hall–Kier alpha value is -2.40. The molecular weight excluding hydrogens is 286 g/mol. The Bertz CT molecular complexity index is 780. The molecule has 21 heavy (non-hydrogen) atoms. The monoisotopic (exact) mass is 297 g/mol. The first-order valence-corrected chi connectivity index (χ1v) is 7.09. The lowest BCUT2D eigenvalue weighted by atomic mass is 10.1. The number of anilines is 1. The Morgan fingerprint density at radius 1 is 1.14 bits per heavy atom. The summed E-state index contributed by atoms with van der Waals surface area (Å²) in [5, 5.41) is 8.81. The van der Waals surface area contributed by atoms with Crippen LogP contribution in [0.1, 0.15) is 5.56 Å². The van der Waals surface area contributed by atoms with Crippen LogP contribution in [0.5, 0.6) is 0 Å². The average Bonchev–Trinajstić information content (AvgIpc) is 3.11. The van der Waals surface area contributed by atoms with Crippen LogP contribution in [0.15, 0.2) is 42.9 Å². The average molecular weight is 298 g/mol. The number of benzene rings is 1. The molecule has 1 aromatic carbocycles. The fourth-order valence-electron chi connectivity index (χ4n) is 2.57. The van der Waals surface area contributed by atoms with Crippen LogP contribution in [0.3, 0.4) is 0 Å². The Kier molecular flexibility index (Phi) is 2.86. The molecule has 3 aromatic rings. The van der Waals surface area contributed by atoms with Crippen molar-refractivity contribution in [2.75, 3.05) is 11.9 Å². The third kappa shape index (κ3) is 2.06. The van der Waals surface area contributed by atoms with E-state index in [0.717, 1.165) is 35.9 Å². The Morgan fingerprint density at radius 2 is 2.00 bits per heavy atom. The molecule has 0 radical (unpaired) electrons. The molecule has 0 spiro atoms. The van der Waals surface area contributed by atoms with Crippen molar-refractivity contribution in [1.82, 2.24) is 19.7 Å². The van der Waals surface area contributed by atoms with Gasteiger partial charge >= 0.3 is 0 Å². The summed E-state index contributed by atoms with van der Waals surface area (Å²) < 4.78 is 1.91. The van der Waals surface area contributed by atoms with Crippen LogP contribution in [-0.2, 0) is 6.42 Å². The molecule has 2 aromatic heterocycles. The Morgan fingerprint density at radius 3 is 2.76 bits per heavy atom. The van der Waals surface area contributed by atoms with Gasteiger partial charge in [0.15, 0.2) is 0 Å². The minimum absolute atomic E-state index is 0.713. The maximum Gasteiger partial charge on any atom is 0.133 e. The maximum atomic E-state index is 5.95. The van der Waals surface area contributed by atoms with E-state index in [2.05, 4.69) is 15.3 Å². The highest BCUT2D eigenvalue weighted by molar-refractivity contribution is 6.30. The van der Waals surface area contributed by atoms with Gasteiger partial charge < -0.3 is 5.32 Å². The van der Waals surface area contributed by atoms with E-state index in [1.807, 2.05) is 28.9 Å². The number of hydrogen-bond donors (Lipinski definition) is 1. The molecule has 4 rings (SSSR count). The number of fused-ring (bicyclic) bond motifs is 1. The summed E-state index contributed by atoms with van der Waals surface area (Å²) in [4.78, 5) is 8.49. The van der Waals surface area contributed by atoms with Crippen LogP contribution < -0.4 is 5.32 Å². The van der Waals surface area contributed by atoms with Gasteiger partial charge in [0, 0.05) is 29.5 Å². The number of hydrogen-bond acceptors (Lipinski definition) is 4. The van der Waals surface area contributed by atoms with Crippen LogP contribution in [0.2, 0.25) is 5.02 Å². The van der Waals surface area contributed by atoms with E-state index in [1.165, 1.54) is 5.56 Å². The molecule has 6 heteroatoms. The second-order valence-corrected chi connectivity index (χ2v) is 5.27. The molecule has 0 aliphatic carbocycles. The molecule has 0 bridgehead atoms. The first-order valence-electron chi connectivity index (χ1n) is 6.71. The van der Waals surface area contributed by atoms with Crippen LogP contribution >= 0.6 is 11.6 Å². The van der Waals surface area contributed by atoms with Gasteiger partial charge in [-0.05, 0) is 30.7 Å². The summed E-state index contributed by atoms with van der Waals surface area (Å²) in [6.45, 7) is 0.911. The molecule has 3 heterocycles. The minimum atomic E-state index is 0.713. The van der Waals surface area contributed by atoms with Crippen LogP contribution in [-0.4, -0.2) is 26.3 Å². The number of halogens is 1. The molecule has 0 amide bonds. The van der Waals surface area contributed by atoms with Crippen molar-refractivity contribution in [2.45, 2.75) is 6.42 Å². The largest absolute Gasteiger partial charge is 0.369 e. The molecule has 1 aliphatic rings. The molecule has 0 saturated carbocycles. The van der Waals surface area contributed by atoms with Gasteiger partial charge in [0.1, 0.15) is 17.2 Å². The van der Waals surface area contributed by atoms with Gasteiger partial charge in [-0.2, -0.15) is 5.10 Å². The predicted molar refractivity (Wildman–Crippen MR) is 81.8 cm³/mol. The number of rotatable bonds is 2. The molecule has 0 fully saturated rings. The van der Waals surface area contributed by atoms with Crippen molar-refractivity contribution in [3.05, 3.63) is 53.4 Å². The van der Waals surface area contributed by atoms with E-state index in [-0.39, 0.29) is 0 Å². The fraction of sp³-hybridized carbons (Fsp3) is 0.133. The second-order valence-electron chi connectivity index (χ2n) is 4.83. The van der Waals surface area contributed by atoms with Crippen molar-refractivity contribution in [3.63, 3.8) is 0 Å². The van der Waals surface area contributed by atoms with Gasteiger partial charge in [0.05, 0.1) is 11.9 Å². The molecule has 0 unspecified atom stereocenters. The number of nitrogens with one attached hydrogen (secondary N) is 1. The third-order valence-corrected chi connectivity index (χ3v) is 3.78. The first kappa shape index (κ1) is 12.3. The summed E-state index contributed by atoms with van der Waals surface area (Å²) in [5.74, 6) is 1.03. The molecule has 1 N–H and O–H groups in total. The fourth-order valence-corrected chi connectivity index (χ4v) is 2.70. The zero-order valence-corrected chi connectivity index (χ0v) is 11.9. The molecule has 0 atom stereocenters. The van der Waals surface area contributed by atoms with Crippen molar-refractivity contribution in [3.8, 4) is 17.1 Å². The van der Waals surface area contributed by atoms with Crippen LogP contribution in [0.4, 0.5) is 5.82 Å². The minimum Gasteiger partial charge on any atom is -0.369 e. The first-order chi connectivity index (χ1) is 10.3. The zero-order chi connectivity index (χ0) is 14.2. The van der Waals surface area contributed by atoms with Gasteiger partial charge in [-0.1, -0.05) is 11.6 Å².